The van der Waals surface area contributed by atoms with E-state index in [1.54, 1.807) is 18.2 Å². The Morgan fingerprint density at radius 3 is 2.17 bits per heavy atom. The molecule has 0 aliphatic rings. The molecule has 0 heterocycles. The second-order valence-corrected chi connectivity index (χ2v) is 6.62. The summed E-state index contributed by atoms with van der Waals surface area (Å²) >= 11 is 0. The molecule has 0 amide bonds. The standard InChI is InChI=1S/C9H13NO6S2/c11-17(12,13)6-5-10-9-4-2-1-3-8(9)7-18(14,15)16/h1-4,10H,5-7H2,(H,11,12,13)(H,14,15,16). The number of hydrogen-bond acceptors (Lipinski definition) is 5. The van der Waals surface area contributed by atoms with Crippen molar-refractivity contribution in [3.05, 3.63) is 29.8 Å². The number of anilines is 1. The zero-order valence-electron chi connectivity index (χ0n) is 9.27. The summed E-state index contributed by atoms with van der Waals surface area (Å²) in [5.74, 6) is -1.06. The molecule has 0 saturated carbocycles. The molecular formula is C9H13NO6S2. The summed E-state index contributed by atoms with van der Waals surface area (Å²) in [5.41, 5.74) is 0.703. The molecule has 1 rings (SSSR count). The van der Waals surface area contributed by atoms with E-state index in [0.29, 0.717) is 11.3 Å². The lowest BCUT2D eigenvalue weighted by Gasteiger charge is -2.10. The Morgan fingerprint density at radius 2 is 1.61 bits per heavy atom. The van der Waals surface area contributed by atoms with Crippen LogP contribution in [0.25, 0.3) is 0 Å². The van der Waals surface area contributed by atoms with Crippen LogP contribution in [-0.2, 0) is 26.0 Å². The van der Waals surface area contributed by atoms with Crippen molar-refractivity contribution in [3.63, 3.8) is 0 Å². The average Bonchev–Trinajstić information content (AvgIpc) is 2.16. The molecule has 0 saturated heterocycles. The van der Waals surface area contributed by atoms with Crippen LogP contribution in [0.5, 0.6) is 0 Å². The Balaban J connectivity index is 2.77. The van der Waals surface area contributed by atoms with E-state index < -0.39 is 31.7 Å². The molecule has 1 aromatic rings. The molecule has 1 aromatic carbocycles. The maximum absolute atomic E-state index is 10.8. The lowest BCUT2D eigenvalue weighted by atomic mass is 10.2. The molecule has 0 atom stereocenters. The van der Waals surface area contributed by atoms with Gasteiger partial charge in [-0.25, -0.2) is 0 Å². The van der Waals surface area contributed by atoms with Crippen LogP contribution in [0.15, 0.2) is 24.3 Å². The van der Waals surface area contributed by atoms with Crippen molar-refractivity contribution >= 4 is 25.9 Å². The van der Waals surface area contributed by atoms with Crippen molar-refractivity contribution < 1.29 is 25.9 Å². The molecule has 102 valence electrons. The normalized spacial score (nSPS) is 12.3. The van der Waals surface area contributed by atoms with Gasteiger partial charge in [0.25, 0.3) is 20.2 Å². The van der Waals surface area contributed by atoms with Gasteiger partial charge in [-0.3, -0.25) is 9.11 Å². The molecule has 0 fully saturated rings. The summed E-state index contributed by atoms with van der Waals surface area (Å²) in [6, 6.07) is 6.26. The highest BCUT2D eigenvalue weighted by Gasteiger charge is 2.11. The smallest absolute Gasteiger partial charge is 0.269 e. The van der Waals surface area contributed by atoms with Gasteiger partial charge in [-0.1, -0.05) is 18.2 Å². The highest BCUT2D eigenvalue weighted by atomic mass is 32.2. The first-order valence-electron chi connectivity index (χ1n) is 4.89. The van der Waals surface area contributed by atoms with E-state index >= 15 is 0 Å². The first kappa shape index (κ1) is 14.9. The topological polar surface area (TPSA) is 121 Å². The predicted octanol–water partition coefficient (Wildman–Crippen LogP) is 0.374. The van der Waals surface area contributed by atoms with E-state index in [1.165, 1.54) is 6.07 Å². The van der Waals surface area contributed by atoms with Gasteiger partial charge in [0.05, 0.1) is 5.75 Å². The van der Waals surface area contributed by atoms with Crippen molar-refractivity contribution in [2.75, 3.05) is 17.6 Å². The molecule has 0 aliphatic carbocycles. The molecule has 9 heteroatoms. The van der Waals surface area contributed by atoms with Gasteiger partial charge in [-0.15, -0.1) is 0 Å². The van der Waals surface area contributed by atoms with E-state index in [4.69, 9.17) is 9.11 Å². The molecule has 0 bridgehead atoms. The summed E-state index contributed by atoms with van der Waals surface area (Å²) < 4.78 is 59.9. The van der Waals surface area contributed by atoms with Gasteiger partial charge < -0.3 is 5.32 Å². The second-order valence-electron chi connectivity index (χ2n) is 3.60. The minimum atomic E-state index is -4.16. The van der Waals surface area contributed by atoms with Gasteiger partial charge in [0.1, 0.15) is 5.75 Å². The van der Waals surface area contributed by atoms with Crippen LogP contribution in [0, 0.1) is 0 Å². The number of hydrogen-bond donors (Lipinski definition) is 3. The molecule has 0 radical (unpaired) electrons. The molecule has 0 unspecified atom stereocenters. The van der Waals surface area contributed by atoms with Crippen LogP contribution < -0.4 is 5.32 Å². The van der Waals surface area contributed by atoms with E-state index in [9.17, 15) is 16.8 Å². The van der Waals surface area contributed by atoms with E-state index in [2.05, 4.69) is 5.32 Å². The van der Waals surface area contributed by atoms with Crippen LogP contribution in [0.4, 0.5) is 5.69 Å². The number of para-hydroxylation sites is 1. The fourth-order valence-electron chi connectivity index (χ4n) is 1.33. The summed E-state index contributed by atoms with van der Waals surface area (Å²) in [6.07, 6.45) is 0. The first-order valence-corrected chi connectivity index (χ1v) is 8.11. The van der Waals surface area contributed by atoms with Gasteiger partial charge in [-0.2, -0.15) is 16.8 Å². The lowest BCUT2D eigenvalue weighted by Crippen LogP contribution is -2.16. The number of rotatable bonds is 6. The largest absolute Gasteiger partial charge is 0.384 e. The summed E-state index contributed by atoms with van der Waals surface area (Å²) in [5, 5.41) is 2.68. The third kappa shape index (κ3) is 5.96. The summed E-state index contributed by atoms with van der Waals surface area (Å²) in [7, 11) is -8.23. The maximum Gasteiger partial charge on any atom is 0.269 e. The van der Waals surface area contributed by atoms with Crippen LogP contribution in [0.2, 0.25) is 0 Å². The molecule has 18 heavy (non-hydrogen) atoms. The zero-order chi connectivity index (χ0) is 13.8. The zero-order valence-corrected chi connectivity index (χ0v) is 10.9. The van der Waals surface area contributed by atoms with Crippen molar-refractivity contribution in [3.8, 4) is 0 Å². The molecule has 3 N–H and O–H groups in total. The Bertz CT molecular complexity index is 608. The Labute approximate surface area is 105 Å². The lowest BCUT2D eigenvalue weighted by molar-refractivity contribution is 0.480. The number of nitrogens with one attached hydrogen (secondary N) is 1. The molecular weight excluding hydrogens is 282 g/mol. The number of benzene rings is 1. The van der Waals surface area contributed by atoms with E-state index in [-0.39, 0.29) is 6.54 Å². The minimum absolute atomic E-state index is 0.0681. The highest BCUT2D eigenvalue weighted by molar-refractivity contribution is 7.85. The molecule has 7 nitrogen and oxygen atoms in total. The molecule has 0 spiro atoms. The highest BCUT2D eigenvalue weighted by Crippen LogP contribution is 2.17. The Hall–Kier alpha value is -1.16. The van der Waals surface area contributed by atoms with E-state index in [0.717, 1.165) is 0 Å². The van der Waals surface area contributed by atoms with Crippen LogP contribution in [-0.4, -0.2) is 38.2 Å². The van der Waals surface area contributed by atoms with Crippen molar-refractivity contribution in [2.24, 2.45) is 0 Å². The van der Waals surface area contributed by atoms with Crippen molar-refractivity contribution in [2.45, 2.75) is 5.75 Å². The quantitative estimate of drug-likeness (QED) is 0.648. The van der Waals surface area contributed by atoms with Gasteiger partial charge in [0.15, 0.2) is 0 Å². The molecule has 0 aromatic heterocycles. The Kier molecular flexibility index (Phi) is 4.68. The predicted molar refractivity (Wildman–Crippen MR) is 66.6 cm³/mol. The van der Waals surface area contributed by atoms with Crippen LogP contribution >= 0.6 is 0 Å². The monoisotopic (exact) mass is 295 g/mol. The van der Waals surface area contributed by atoms with Crippen molar-refractivity contribution in [1.82, 2.24) is 0 Å². The molecule has 0 aliphatic heterocycles. The maximum atomic E-state index is 10.8. The fraction of sp³-hybridized carbons (Fsp3) is 0.333. The van der Waals surface area contributed by atoms with Gasteiger partial charge in [0, 0.05) is 12.2 Å². The summed E-state index contributed by atoms with van der Waals surface area (Å²) in [6.45, 7) is -0.0681. The summed E-state index contributed by atoms with van der Waals surface area (Å²) in [4.78, 5) is 0. The average molecular weight is 295 g/mol. The van der Waals surface area contributed by atoms with E-state index in [1.807, 2.05) is 0 Å². The van der Waals surface area contributed by atoms with Gasteiger partial charge >= 0.3 is 0 Å². The fourth-order valence-corrected chi connectivity index (χ4v) is 2.33. The van der Waals surface area contributed by atoms with Crippen molar-refractivity contribution in [1.29, 1.82) is 0 Å². The third-order valence-corrected chi connectivity index (χ3v) is 3.43. The second kappa shape index (κ2) is 5.65. The Morgan fingerprint density at radius 1 is 1.00 bits per heavy atom. The SMILES string of the molecule is O=S(=O)(O)CCNc1ccccc1CS(=O)(=O)O. The van der Waals surface area contributed by atoms with Gasteiger partial charge in [0.2, 0.25) is 0 Å². The minimum Gasteiger partial charge on any atom is -0.384 e. The van der Waals surface area contributed by atoms with Crippen LogP contribution in [0.1, 0.15) is 5.56 Å². The third-order valence-electron chi connectivity index (χ3n) is 2.03. The first-order chi connectivity index (χ1) is 8.17. The van der Waals surface area contributed by atoms with Gasteiger partial charge in [-0.05, 0) is 11.6 Å². The van der Waals surface area contributed by atoms with Crippen LogP contribution in [0.3, 0.4) is 0 Å².